The lowest BCUT2D eigenvalue weighted by Gasteiger charge is -2.21. The van der Waals surface area contributed by atoms with Gasteiger partial charge in [-0.15, -0.1) is 0 Å². The molecule has 0 aliphatic carbocycles. The van der Waals surface area contributed by atoms with E-state index >= 15 is 0 Å². The Kier molecular flexibility index (Phi) is 5.45. The summed E-state index contributed by atoms with van der Waals surface area (Å²) in [6.07, 6.45) is 0.747. The number of phenolic OH excluding ortho intramolecular Hbond substituents is 1. The van der Waals surface area contributed by atoms with Crippen LogP contribution in [0.1, 0.15) is 23.7 Å². The van der Waals surface area contributed by atoms with Crippen LogP contribution in [0.5, 0.6) is 11.5 Å². The molecule has 0 aliphatic rings. The van der Waals surface area contributed by atoms with Crippen molar-refractivity contribution in [1.82, 2.24) is 4.90 Å². The summed E-state index contributed by atoms with van der Waals surface area (Å²) in [6, 6.07) is 4.66. The number of aromatic hydroxyl groups is 1. The molecule has 0 spiro atoms. The van der Waals surface area contributed by atoms with Crippen LogP contribution in [0.3, 0.4) is 0 Å². The quantitative estimate of drug-likeness (QED) is 0.798. The molecular weight excluding hydrogens is 232 g/mol. The average Bonchev–Trinajstić information content (AvgIpc) is 2.39. The Balaban J connectivity index is 2.87. The summed E-state index contributed by atoms with van der Waals surface area (Å²) in [6.45, 7) is 3.62. The van der Waals surface area contributed by atoms with Gasteiger partial charge in [0.05, 0.1) is 12.7 Å². The molecular formula is C13H20N2O3. The molecule has 1 amide bonds. The van der Waals surface area contributed by atoms with E-state index in [1.165, 1.54) is 13.2 Å². The summed E-state index contributed by atoms with van der Waals surface area (Å²) >= 11 is 0. The Bertz CT molecular complexity index is 407. The van der Waals surface area contributed by atoms with E-state index in [1.807, 2.05) is 6.92 Å². The maximum absolute atomic E-state index is 12.2. The summed E-state index contributed by atoms with van der Waals surface area (Å²) in [5, 5.41) is 9.81. The van der Waals surface area contributed by atoms with Gasteiger partial charge in [-0.2, -0.15) is 0 Å². The van der Waals surface area contributed by atoms with Crippen LogP contribution in [0, 0.1) is 0 Å². The van der Waals surface area contributed by atoms with Crippen molar-refractivity contribution < 1.29 is 14.6 Å². The highest BCUT2D eigenvalue weighted by molar-refractivity contribution is 5.97. The van der Waals surface area contributed by atoms with Gasteiger partial charge in [-0.05, 0) is 32.0 Å². The van der Waals surface area contributed by atoms with Crippen molar-refractivity contribution in [3.63, 3.8) is 0 Å². The molecule has 1 rings (SSSR count). The third-order valence-corrected chi connectivity index (χ3v) is 2.74. The molecule has 100 valence electrons. The van der Waals surface area contributed by atoms with E-state index in [-0.39, 0.29) is 17.2 Å². The lowest BCUT2D eigenvalue weighted by Crippen LogP contribution is -2.32. The van der Waals surface area contributed by atoms with E-state index in [0.29, 0.717) is 25.4 Å². The number of ether oxygens (including phenoxy) is 1. The third-order valence-electron chi connectivity index (χ3n) is 2.74. The molecule has 0 fully saturated rings. The number of benzene rings is 1. The Morgan fingerprint density at radius 2 is 2.22 bits per heavy atom. The van der Waals surface area contributed by atoms with Gasteiger partial charge in [-0.1, -0.05) is 0 Å². The third kappa shape index (κ3) is 3.37. The maximum atomic E-state index is 12.2. The summed E-state index contributed by atoms with van der Waals surface area (Å²) in [5.74, 6) is 0.269. The highest BCUT2D eigenvalue weighted by Crippen LogP contribution is 2.24. The lowest BCUT2D eigenvalue weighted by molar-refractivity contribution is 0.0760. The number of nitrogens with zero attached hydrogens (tertiary/aromatic N) is 1. The second kappa shape index (κ2) is 6.86. The molecule has 0 heterocycles. The second-order valence-electron chi connectivity index (χ2n) is 3.91. The molecule has 0 aliphatic heterocycles. The van der Waals surface area contributed by atoms with Crippen LogP contribution >= 0.6 is 0 Å². The molecule has 1 aromatic rings. The van der Waals surface area contributed by atoms with E-state index in [1.54, 1.807) is 17.0 Å². The topological polar surface area (TPSA) is 75.8 Å². The largest absolute Gasteiger partial charge is 0.507 e. The van der Waals surface area contributed by atoms with E-state index in [9.17, 15) is 9.90 Å². The highest BCUT2D eigenvalue weighted by Gasteiger charge is 2.17. The first-order valence-electron chi connectivity index (χ1n) is 6.00. The number of methoxy groups -OCH3 is 1. The first-order valence-corrected chi connectivity index (χ1v) is 6.00. The smallest absolute Gasteiger partial charge is 0.257 e. The van der Waals surface area contributed by atoms with Crippen LogP contribution < -0.4 is 10.5 Å². The van der Waals surface area contributed by atoms with Gasteiger partial charge >= 0.3 is 0 Å². The number of hydrogen-bond acceptors (Lipinski definition) is 4. The Labute approximate surface area is 107 Å². The SMILES string of the molecule is CCN(CCCN)C(=O)c1ccc(OC)cc1O. The molecule has 0 atom stereocenters. The van der Waals surface area contributed by atoms with Crippen molar-refractivity contribution in [1.29, 1.82) is 0 Å². The van der Waals surface area contributed by atoms with Crippen LogP contribution in [0.15, 0.2) is 18.2 Å². The van der Waals surface area contributed by atoms with Gasteiger partial charge in [0.2, 0.25) is 0 Å². The number of hydrogen-bond donors (Lipinski definition) is 2. The van der Waals surface area contributed by atoms with Crippen molar-refractivity contribution in [2.45, 2.75) is 13.3 Å². The molecule has 5 nitrogen and oxygen atoms in total. The van der Waals surface area contributed by atoms with Crippen molar-refractivity contribution in [3.05, 3.63) is 23.8 Å². The minimum absolute atomic E-state index is 0.0643. The zero-order valence-electron chi connectivity index (χ0n) is 10.8. The number of amides is 1. The molecule has 0 aromatic heterocycles. The second-order valence-corrected chi connectivity index (χ2v) is 3.91. The molecule has 0 bridgehead atoms. The van der Waals surface area contributed by atoms with Crippen molar-refractivity contribution in [2.75, 3.05) is 26.7 Å². The van der Waals surface area contributed by atoms with Gasteiger partial charge in [0, 0.05) is 19.2 Å². The highest BCUT2D eigenvalue weighted by atomic mass is 16.5. The Hall–Kier alpha value is -1.75. The molecule has 0 saturated heterocycles. The van der Waals surface area contributed by atoms with Gasteiger partial charge in [0.1, 0.15) is 11.5 Å². The number of carbonyl (C=O) groups excluding carboxylic acids is 1. The maximum Gasteiger partial charge on any atom is 0.257 e. The van der Waals surface area contributed by atoms with Gasteiger partial charge in [0.15, 0.2) is 0 Å². The van der Waals surface area contributed by atoms with E-state index in [4.69, 9.17) is 10.5 Å². The summed E-state index contributed by atoms with van der Waals surface area (Å²) in [7, 11) is 1.51. The molecule has 3 N–H and O–H groups in total. The number of nitrogens with two attached hydrogens (primary N) is 1. The summed E-state index contributed by atoms with van der Waals surface area (Å²) < 4.78 is 4.98. The first-order chi connectivity index (χ1) is 8.63. The van der Waals surface area contributed by atoms with E-state index in [0.717, 1.165) is 6.42 Å². The number of carbonyl (C=O) groups is 1. The van der Waals surface area contributed by atoms with E-state index < -0.39 is 0 Å². The van der Waals surface area contributed by atoms with Crippen LogP contribution in [0.25, 0.3) is 0 Å². The van der Waals surface area contributed by atoms with Gasteiger partial charge in [0.25, 0.3) is 5.91 Å². The molecule has 0 radical (unpaired) electrons. The molecule has 5 heteroatoms. The predicted octanol–water partition coefficient (Wildman–Crippen LogP) is 1.21. The summed E-state index contributed by atoms with van der Waals surface area (Å²) in [4.78, 5) is 13.8. The normalized spacial score (nSPS) is 10.2. The Morgan fingerprint density at radius 3 is 2.72 bits per heavy atom. The fourth-order valence-electron chi connectivity index (χ4n) is 1.68. The van der Waals surface area contributed by atoms with Crippen molar-refractivity contribution in [2.24, 2.45) is 5.73 Å². The lowest BCUT2D eigenvalue weighted by atomic mass is 10.1. The van der Waals surface area contributed by atoms with Gasteiger partial charge < -0.3 is 20.5 Å². The average molecular weight is 252 g/mol. The fraction of sp³-hybridized carbons (Fsp3) is 0.462. The zero-order chi connectivity index (χ0) is 13.5. The molecule has 18 heavy (non-hydrogen) atoms. The predicted molar refractivity (Wildman–Crippen MR) is 69.9 cm³/mol. The van der Waals surface area contributed by atoms with Crippen LogP contribution in [-0.2, 0) is 0 Å². The molecule has 0 saturated carbocycles. The van der Waals surface area contributed by atoms with Crippen LogP contribution in [0.2, 0.25) is 0 Å². The van der Waals surface area contributed by atoms with Crippen molar-refractivity contribution >= 4 is 5.91 Å². The van der Waals surface area contributed by atoms with Crippen LogP contribution in [-0.4, -0.2) is 42.7 Å². The van der Waals surface area contributed by atoms with Crippen LogP contribution in [0.4, 0.5) is 0 Å². The standard InChI is InChI=1S/C13H20N2O3/c1-3-15(8-4-7-14)13(17)11-6-5-10(18-2)9-12(11)16/h5-6,9,16H,3-4,7-8,14H2,1-2H3. The number of rotatable bonds is 6. The molecule has 0 unspecified atom stereocenters. The summed E-state index contributed by atoms with van der Waals surface area (Å²) in [5.41, 5.74) is 5.72. The Morgan fingerprint density at radius 1 is 1.50 bits per heavy atom. The van der Waals surface area contributed by atoms with Crippen molar-refractivity contribution in [3.8, 4) is 11.5 Å². The monoisotopic (exact) mass is 252 g/mol. The fourth-order valence-corrected chi connectivity index (χ4v) is 1.68. The van der Waals surface area contributed by atoms with E-state index in [2.05, 4.69) is 0 Å². The van der Waals surface area contributed by atoms with Gasteiger partial charge in [-0.3, -0.25) is 4.79 Å². The molecule has 1 aromatic carbocycles. The minimum Gasteiger partial charge on any atom is -0.507 e. The number of phenols is 1. The van der Waals surface area contributed by atoms with Gasteiger partial charge in [-0.25, -0.2) is 0 Å². The minimum atomic E-state index is -0.189. The zero-order valence-corrected chi connectivity index (χ0v) is 10.8. The first kappa shape index (κ1) is 14.3.